The van der Waals surface area contributed by atoms with Gasteiger partial charge in [0, 0.05) is 17.1 Å². The Bertz CT molecular complexity index is 393. The summed E-state index contributed by atoms with van der Waals surface area (Å²) in [6.07, 6.45) is -0.696. The van der Waals surface area contributed by atoms with Gasteiger partial charge in [-0.25, -0.2) is 0 Å². The van der Waals surface area contributed by atoms with Gasteiger partial charge in [0.25, 0.3) is 5.91 Å². The Balaban J connectivity index is 2.73. The maximum Gasteiger partial charge on any atom is 0.257 e. The summed E-state index contributed by atoms with van der Waals surface area (Å²) >= 11 is 5.83. The fourth-order valence-corrected chi connectivity index (χ4v) is 1.55. The lowest BCUT2D eigenvalue weighted by Crippen LogP contribution is -2.28. The Hall–Kier alpha value is -1.26. The molecule has 1 atom stereocenters. The van der Waals surface area contributed by atoms with E-state index in [4.69, 9.17) is 16.3 Å². The second kappa shape index (κ2) is 6.47. The van der Waals surface area contributed by atoms with Gasteiger partial charge in [0.15, 0.2) is 6.61 Å². The molecule has 1 aromatic carbocycles. The first-order chi connectivity index (χ1) is 8.04. The van der Waals surface area contributed by atoms with Crippen LogP contribution in [0.4, 0.5) is 0 Å². The Morgan fingerprint density at radius 2 is 2.29 bits per heavy atom. The van der Waals surface area contributed by atoms with Crippen LogP contribution < -0.4 is 10.1 Å². The van der Waals surface area contributed by atoms with Crippen molar-refractivity contribution in [3.8, 4) is 5.75 Å². The third-order valence-corrected chi connectivity index (χ3v) is 2.39. The first-order valence-electron chi connectivity index (χ1n) is 5.41. The van der Waals surface area contributed by atoms with Gasteiger partial charge in [-0.3, -0.25) is 4.79 Å². The lowest BCUT2D eigenvalue weighted by molar-refractivity contribution is -0.123. The number of hydrogen-bond donors (Lipinski definition) is 2. The minimum Gasteiger partial charge on any atom is -0.483 e. The van der Waals surface area contributed by atoms with Crippen LogP contribution in [0.1, 0.15) is 25.5 Å². The quantitative estimate of drug-likeness (QED) is 0.847. The molecule has 1 aromatic rings. The molecule has 0 aliphatic rings. The van der Waals surface area contributed by atoms with E-state index in [1.165, 1.54) is 0 Å². The number of ether oxygens (including phenoxy) is 1. The summed E-state index contributed by atoms with van der Waals surface area (Å²) in [6.45, 7) is 3.94. The monoisotopic (exact) mass is 257 g/mol. The van der Waals surface area contributed by atoms with Crippen molar-refractivity contribution in [2.75, 3.05) is 13.2 Å². The van der Waals surface area contributed by atoms with Crippen LogP contribution in [-0.2, 0) is 4.79 Å². The second-order valence-electron chi connectivity index (χ2n) is 3.60. The van der Waals surface area contributed by atoms with Crippen molar-refractivity contribution in [3.05, 3.63) is 28.8 Å². The maximum atomic E-state index is 11.2. The number of carbonyl (C=O) groups is 1. The predicted octanol–water partition coefficient (Wildman–Crippen LogP) is 1.91. The molecule has 0 fully saturated rings. The number of carbonyl (C=O) groups excluding carboxylic acids is 1. The molecule has 17 heavy (non-hydrogen) atoms. The van der Waals surface area contributed by atoms with Gasteiger partial charge in [-0.2, -0.15) is 0 Å². The van der Waals surface area contributed by atoms with Crippen LogP contribution in [0.3, 0.4) is 0 Å². The SMILES string of the molecule is CCNC(=O)COc1ccc(Cl)cc1[C@H](C)O. The van der Waals surface area contributed by atoms with Gasteiger partial charge < -0.3 is 15.2 Å². The van der Waals surface area contributed by atoms with Crippen molar-refractivity contribution >= 4 is 17.5 Å². The number of halogens is 1. The average molecular weight is 258 g/mol. The van der Waals surface area contributed by atoms with Crippen LogP contribution in [0.15, 0.2) is 18.2 Å². The smallest absolute Gasteiger partial charge is 0.257 e. The molecule has 0 saturated heterocycles. The predicted molar refractivity (Wildman–Crippen MR) is 66.3 cm³/mol. The van der Waals surface area contributed by atoms with Crippen LogP contribution in [-0.4, -0.2) is 24.2 Å². The van der Waals surface area contributed by atoms with Gasteiger partial charge in [0.2, 0.25) is 0 Å². The number of aliphatic hydroxyl groups excluding tert-OH is 1. The van der Waals surface area contributed by atoms with Gasteiger partial charge in [0.1, 0.15) is 5.75 Å². The van der Waals surface area contributed by atoms with Gasteiger partial charge in [-0.15, -0.1) is 0 Å². The second-order valence-corrected chi connectivity index (χ2v) is 4.04. The van der Waals surface area contributed by atoms with Crippen LogP contribution >= 0.6 is 11.6 Å². The van der Waals surface area contributed by atoms with Gasteiger partial charge in [-0.1, -0.05) is 11.6 Å². The summed E-state index contributed by atoms with van der Waals surface area (Å²) in [5, 5.41) is 12.7. The molecule has 0 bridgehead atoms. The highest BCUT2D eigenvalue weighted by Crippen LogP contribution is 2.28. The molecule has 0 unspecified atom stereocenters. The third-order valence-electron chi connectivity index (χ3n) is 2.15. The van der Waals surface area contributed by atoms with Crippen molar-refractivity contribution < 1.29 is 14.6 Å². The van der Waals surface area contributed by atoms with Gasteiger partial charge in [0.05, 0.1) is 6.10 Å². The van der Waals surface area contributed by atoms with Crippen molar-refractivity contribution in [2.45, 2.75) is 20.0 Å². The summed E-state index contributed by atoms with van der Waals surface area (Å²) in [6, 6.07) is 4.92. The van der Waals surface area contributed by atoms with Gasteiger partial charge >= 0.3 is 0 Å². The molecule has 0 heterocycles. The Labute approximate surface area is 106 Å². The largest absolute Gasteiger partial charge is 0.483 e. The van der Waals surface area contributed by atoms with Crippen molar-refractivity contribution in [3.63, 3.8) is 0 Å². The van der Waals surface area contributed by atoms with Crippen molar-refractivity contribution in [1.82, 2.24) is 5.32 Å². The van der Waals surface area contributed by atoms with Gasteiger partial charge in [-0.05, 0) is 32.0 Å². The summed E-state index contributed by atoms with van der Waals surface area (Å²) in [5.74, 6) is 0.273. The molecule has 0 saturated carbocycles. The molecular weight excluding hydrogens is 242 g/mol. The van der Waals surface area contributed by atoms with E-state index in [0.29, 0.717) is 22.9 Å². The van der Waals surface area contributed by atoms with E-state index in [-0.39, 0.29) is 12.5 Å². The van der Waals surface area contributed by atoms with E-state index >= 15 is 0 Å². The molecule has 4 nitrogen and oxygen atoms in total. The molecule has 1 amide bonds. The maximum absolute atomic E-state index is 11.2. The molecular formula is C12H16ClNO3. The molecule has 2 N–H and O–H groups in total. The number of nitrogens with one attached hydrogen (secondary N) is 1. The number of rotatable bonds is 5. The lowest BCUT2D eigenvalue weighted by Gasteiger charge is -2.13. The normalized spacial score (nSPS) is 12.0. The zero-order chi connectivity index (χ0) is 12.8. The Morgan fingerprint density at radius 1 is 1.59 bits per heavy atom. The minimum absolute atomic E-state index is 0.0742. The molecule has 5 heteroatoms. The van der Waals surface area contributed by atoms with Crippen LogP contribution in [0.5, 0.6) is 5.75 Å². The van der Waals surface area contributed by atoms with Crippen molar-refractivity contribution in [1.29, 1.82) is 0 Å². The Morgan fingerprint density at radius 3 is 2.88 bits per heavy atom. The highest BCUT2D eigenvalue weighted by Gasteiger charge is 2.11. The molecule has 0 aromatic heterocycles. The molecule has 0 aliphatic carbocycles. The third kappa shape index (κ3) is 4.24. The first-order valence-corrected chi connectivity index (χ1v) is 5.79. The minimum atomic E-state index is -0.696. The van der Waals surface area contributed by atoms with E-state index in [1.54, 1.807) is 25.1 Å². The van der Waals surface area contributed by atoms with E-state index in [2.05, 4.69) is 5.32 Å². The number of aliphatic hydroxyl groups is 1. The summed E-state index contributed by atoms with van der Waals surface area (Å²) in [5.41, 5.74) is 0.571. The van der Waals surface area contributed by atoms with E-state index in [0.717, 1.165) is 0 Å². The van der Waals surface area contributed by atoms with E-state index < -0.39 is 6.10 Å². The van der Waals surface area contributed by atoms with Crippen LogP contribution in [0, 0.1) is 0 Å². The summed E-state index contributed by atoms with van der Waals surface area (Å²) in [7, 11) is 0. The lowest BCUT2D eigenvalue weighted by atomic mass is 10.1. The first kappa shape index (κ1) is 13.8. The standard InChI is InChI=1S/C12H16ClNO3/c1-3-14-12(16)7-17-11-5-4-9(13)6-10(11)8(2)15/h4-6,8,15H,3,7H2,1-2H3,(H,14,16)/t8-/m0/s1. The highest BCUT2D eigenvalue weighted by molar-refractivity contribution is 6.30. The van der Waals surface area contributed by atoms with Crippen LogP contribution in [0.2, 0.25) is 5.02 Å². The summed E-state index contributed by atoms with van der Waals surface area (Å²) < 4.78 is 5.34. The van der Waals surface area contributed by atoms with Crippen LogP contribution in [0.25, 0.3) is 0 Å². The Kier molecular flexibility index (Phi) is 5.25. The number of amides is 1. The molecule has 0 radical (unpaired) electrons. The zero-order valence-electron chi connectivity index (χ0n) is 9.87. The summed E-state index contributed by atoms with van der Waals surface area (Å²) in [4.78, 5) is 11.2. The molecule has 1 rings (SSSR count). The molecule has 0 aliphatic heterocycles. The number of benzene rings is 1. The molecule has 0 spiro atoms. The fraction of sp³-hybridized carbons (Fsp3) is 0.417. The van der Waals surface area contributed by atoms with E-state index in [9.17, 15) is 9.90 Å². The highest BCUT2D eigenvalue weighted by atomic mass is 35.5. The number of likely N-dealkylation sites (N-methyl/N-ethyl adjacent to an activating group) is 1. The van der Waals surface area contributed by atoms with E-state index in [1.807, 2.05) is 6.92 Å². The zero-order valence-corrected chi connectivity index (χ0v) is 10.6. The number of hydrogen-bond acceptors (Lipinski definition) is 3. The fourth-order valence-electron chi connectivity index (χ4n) is 1.37. The topological polar surface area (TPSA) is 58.6 Å². The van der Waals surface area contributed by atoms with Crippen molar-refractivity contribution in [2.24, 2.45) is 0 Å². The molecule has 94 valence electrons. The average Bonchev–Trinajstić information content (AvgIpc) is 2.27.